The lowest BCUT2D eigenvalue weighted by atomic mass is 10.1. The standard InChI is InChI=1S/C13H15NO4/c15-13(14-10-7-16-8-10)9-2-3-11-12(6-9)18-5-1-4-17-11/h2-3,6,10H,1,4-5,7-8H2,(H,14,15). The van der Waals surface area contributed by atoms with Crippen LogP contribution in [0.25, 0.3) is 0 Å². The summed E-state index contributed by atoms with van der Waals surface area (Å²) in [5.74, 6) is 1.25. The summed E-state index contributed by atoms with van der Waals surface area (Å²) < 4.78 is 16.1. The minimum Gasteiger partial charge on any atom is -0.490 e. The normalized spacial score (nSPS) is 18.7. The molecule has 1 amide bonds. The van der Waals surface area contributed by atoms with Gasteiger partial charge in [-0.05, 0) is 18.2 Å². The van der Waals surface area contributed by atoms with E-state index in [-0.39, 0.29) is 11.9 Å². The van der Waals surface area contributed by atoms with Crippen LogP contribution in [0.3, 0.4) is 0 Å². The molecule has 1 N–H and O–H groups in total. The third-order valence-corrected chi connectivity index (χ3v) is 2.98. The Morgan fingerprint density at radius 3 is 2.67 bits per heavy atom. The van der Waals surface area contributed by atoms with Crippen molar-refractivity contribution in [1.82, 2.24) is 5.32 Å². The summed E-state index contributed by atoms with van der Waals surface area (Å²) in [7, 11) is 0. The molecule has 1 aromatic rings. The van der Waals surface area contributed by atoms with Crippen molar-refractivity contribution in [2.75, 3.05) is 26.4 Å². The summed E-state index contributed by atoms with van der Waals surface area (Å²) >= 11 is 0. The molecule has 18 heavy (non-hydrogen) atoms. The van der Waals surface area contributed by atoms with Crippen LogP contribution in [0.15, 0.2) is 18.2 Å². The fourth-order valence-corrected chi connectivity index (χ4v) is 1.89. The van der Waals surface area contributed by atoms with Gasteiger partial charge in [-0.3, -0.25) is 4.79 Å². The van der Waals surface area contributed by atoms with Crippen molar-refractivity contribution < 1.29 is 19.0 Å². The van der Waals surface area contributed by atoms with E-state index in [1.807, 2.05) is 0 Å². The van der Waals surface area contributed by atoms with Crippen LogP contribution in [-0.2, 0) is 4.74 Å². The zero-order chi connectivity index (χ0) is 12.4. The molecule has 1 fully saturated rings. The van der Waals surface area contributed by atoms with Gasteiger partial charge in [0.2, 0.25) is 0 Å². The minimum absolute atomic E-state index is 0.0982. The first-order valence-corrected chi connectivity index (χ1v) is 6.11. The molecule has 0 bridgehead atoms. The van der Waals surface area contributed by atoms with E-state index in [0.29, 0.717) is 43.5 Å². The van der Waals surface area contributed by atoms with Crippen LogP contribution in [0.2, 0.25) is 0 Å². The number of hydrogen-bond acceptors (Lipinski definition) is 4. The van der Waals surface area contributed by atoms with Gasteiger partial charge in [-0.15, -0.1) is 0 Å². The fourth-order valence-electron chi connectivity index (χ4n) is 1.89. The Labute approximate surface area is 105 Å². The average molecular weight is 249 g/mol. The topological polar surface area (TPSA) is 56.8 Å². The fraction of sp³-hybridized carbons (Fsp3) is 0.462. The number of nitrogens with one attached hydrogen (secondary N) is 1. The largest absolute Gasteiger partial charge is 0.490 e. The van der Waals surface area contributed by atoms with Gasteiger partial charge in [-0.25, -0.2) is 0 Å². The maximum atomic E-state index is 12.0. The Balaban J connectivity index is 1.75. The quantitative estimate of drug-likeness (QED) is 0.848. The number of ether oxygens (including phenoxy) is 3. The summed E-state index contributed by atoms with van der Waals surface area (Å²) in [5, 5.41) is 2.89. The van der Waals surface area contributed by atoms with E-state index in [1.165, 1.54) is 0 Å². The SMILES string of the molecule is O=C(NC1COC1)c1ccc2c(c1)OCCCO2. The summed E-state index contributed by atoms with van der Waals surface area (Å²) in [6, 6.07) is 5.40. The molecule has 0 saturated carbocycles. The van der Waals surface area contributed by atoms with E-state index in [1.54, 1.807) is 18.2 Å². The molecule has 0 unspecified atom stereocenters. The first kappa shape index (κ1) is 11.3. The highest BCUT2D eigenvalue weighted by molar-refractivity contribution is 5.95. The minimum atomic E-state index is -0.0982. The second-order valence-electron chi connectivity index (χ2n) is 4.42. The van der Waals surface area contributed by atoms with Crippen LogP contribution < -0.4 is 14.8 Å². The zero-order valence-electron chi connectivity index (χ0n) is 9.98. The highest BCUT2D eigenvalue weighted by Crippen LogP contribution is 2.30. The van der Waals surface area contributed by atoms with Crippen LogP contribution in [0.1, 0.15) is 16.8 Å². The summed E-state index contributed by atoms with van der Waals surface area (Å²) in [6.45, 7) is 2.46. The third kappa shape index (κ3) is 2.26. The maximum Gasteiger partial charge on any atom is 0.251 e. The Bertz CT molecular complexity index is 456. The molecule has 1 saturated heterocycles. The van der Waals surface area contributed by atoms with E-state index >= 15 is 0 Å². The number of carbonyl (C=O) groups is 1. The smallest absolute Gasteiger partial charge is 0.251 e. The van der Waals surface area contributed by atoms with Crippen LogP contribution in [-0.4, -0.2) is 38.4 Å². The Kier molecular flexibility index (Phi) is 3.06. The second-order valence-corrected chi connectivity index (χ2v) is 4.42. The molecule has 2 heterocycles. The number of hydrogen-bond donors (Lipinski definition) is 1. The third-order valence-electron chi connectivity index (χ3n) is 2.98. The van der Waals surface area contributed by atoms with E-state index in [4.69, 9.17) is 14.2 Å². The average Bonchev–Trinajstić information content (AvgIpc) is 2.57. The number of benzene rings is 1. The van der Waals surface area contributed by atoms with Gasteiger partial charge in [-0.2, -0.15) is 0 Å². The highest BCUT2D eigenvalue weighted by atomic mass is 16.5. The van der Waals surface area contributed by atoms with E-state index < -0.39 is 0 Å². The molecule has 2 aliphatic rings. The van der Waals surface area contributed by atoms with Crippen LogP contribution in [0.4, 0.5) is 0 Å². The van der Waals surface area contributed by atoms with Gasteiger partial charge in [0, 0.05) is 12.0 Å². The number of amides is 1. The lowest BCUT2D eigenvalue weighted by Gasteiger charge is -2.26. The molecular weight excluding hydrogens is 234 g/mol. The van der Waals surface area contributed by atoms with Crippen LogP contribution in [0, 0.1) is 0 Å². The van der Waals surface area contributed by atoms with E-state index in [0.717, 1.165) is 6.42 Å². The van der Waals surface area contributed by atoms with E-state index in [2.05, 4.69) is 5.32 Å². The molecule has 5 heteroatoms. The first-order valence-electron chi connectivity index (χ1n) is 6.11. The molecule has 5 nitrogen and oxygen atoms in total. The molecule has 0 aliphatic carbocycles. The Morgan fingerprint density at radius 2 is 1.94 bits per heavy atom. The van der Waals surface area contributed by atoms with Gasteiger partial charge < -0.3 is 19.5 Å². The molecular formula is C13H15NO4. The molecule has 3 rings (SSSR count). The highest BCUT2D eigenvalue weighted by Gasteiger charge is 2.22. The molecule has 2 aliphatic heterocycles. The van der Waals surface area contributed by atoms with Crippen molar-refractivity contribution in [3.05, 3.63) is 23.8 Å². The summed E-state index contributed by atoms with van der Waals surface area (Å²) in [5.41, 5.74) is 0.589. The number of rotatable bonds is 2. The van der Waals surface area contributed by atoms with Crippen LogP contribution >= 0.6 is 0 Å². The van der Waals surface area contributed by atoms with Crippen LogP contribution in [0.5, 0.6) is 11.5 Å². The molecule has 96 valence electrons. The molecule has 0 radical (unpaired) electrons. The zero-order valence-corrected chi connectivity index (χ0v) is 9.98. The van der Waals surface area contributed by atoms with Crippen molar-refractivity contribution in [3.63, 3.8) is 0 Å². The van der Waals surface area contributed by atoms with Gasteiger partial charge >= 0.3 is 0 Å². The van der Waals surface area contributed by atoms with Crippen molar-refractivity contribution in [1.29, 1.82) is 0 Å². The van der Waals surface area contributed by atoms with Crippen molar-refractivity contribution in [2.24, 2.45) is 0 Å². The predicted molar refractivity (Wildman–Crippen MR) is 64.1 cm³/mol. The monoisotopic (exact) mass is 249 g/mol. The summed E-state index contributed by atoms with van der Waals surface area (Å²) in [4.78, 5) is 12.0. The molecule has 0 atom stereocenters. The van der Waals surface area contributed by atoms with Gasteiger partial charge in [0.15, 0.2) is 11.5 Å². The maximum absolute atomic E-state index is 12.0. The Morgan fingerprint density at radius 1 is 1.17 bits per heavy atom. The van der Waals surface area contributed by atoms with Crippen molar-refractivity contribution >= 4 is 5.91 Å². The molecule has 1 aromatic carbocycles. The number of fused-ring (bicyclic) bond motifs is 1. The van der Waals surface area contributed by atoms with Crippen molar-refractivity contribution in [2.45, 2.75) is 12.5 Å². The van der Waals surface area contributed by atoms with Crippen molar-refractivity contribution in [3.8, 4) is 11.5 Å². The van der Waals surface area contributed by atoms with Gasteiger partial charge in [-0.1, -0.05) is 0 Å². The molecule has 0 aromatic heterocycles. The lowest BCUT2D eigenvalue weighted by Crippen LogP contribution is -2.48. The lowest BCUT2D eigenvalue weighted by molar-refractivity contribution is -0.00346. The number of carbonyl (C=O) groups excluding carboxylic acids is 1. The van der Waals surface area contributed by atoms with Gasteiger partial charge in [0.25, 0.3) is 5.91 Å². The Hall–Kier alpha value is -1.75. The predicted octanol–water partition coefficient (Wildman–Crippen LogP) is 0.976. The summed E-state index contributed by atoms with van der Waals surface area (Å²) in [6.07, 6.45) is 0.857. The van der Waals surface area contributed by atoms with Gasteiger partial charge in [0.1, 0.15) is 0 Å². The first-order chi connectivity index (χ1) is 8.83. The van der Waals surface area contributed by atoms with Gasteiger partial charge in [0.05, 0.1) is 32.5 Å². The molecule has 0 spiro atoms. The van der Waals surface area contributed by atoms with E-state index in [9.17, 15) is 4.79 Å². The second kappa shape index (κ2) is 4.86.